The zero-order valence-electron chi connectivity index (χ0n) is 23.4. The lowest BCUT2D eigenvalue weighted by molar-refractivity contribution is -0.138. The average Bonchev–Trinajstić information content (AvgIpc) is 3.71. The molecule has 0 atom stereocenters. The molecule has 218 valence electrons. The highest BCUT2D eigenvalue weighted by molar-refractivity contribution is 5.97. The summed E-state index contributed by atoms with van der Waals surface area (Å²) in [5, 5.41) is 34.9. The van der Waals surface area contributed by atoms with Crippen molar-refractivity contribution < 1.29 is 24.6 Å². The van der Waals surface area contributed by atoms with E-state index in [0.29, 0.717) is 54.0 Å². The van der Waals surface area contributed by atoms with Crippen LogP contribution in [0.1, 0.15) is 54.1 Å². The van der Waals surface area contributed by atoms with Crippen LogP contribution in [0.2, 0.25) is 0 Å². The molecule has 3 aromatic heterocycles. The van der Waals surface area contributed by atoms with E-state index in [0.717, 1.165) is 22.5 Å². The molecule has 5 rings (SSSR count). The Morgan fingerprint density at radius 3 is 1.49 bits per heavy atom. The number of aliphatic carboxylic acids is 2. The van der Waals surface area contributed by atoms with Crippen molar-refractivity contribution in [1.82, 2.24) is 35.0 Å². The van der Waals surface area contributed by atoms with E-state index in [1.54, 1.807) is 33.9 Å². The standard InChI is InChI=1S/C31H29N7O5/c1-2-3-29(39)22-16-25(27-18-37(35-33-27)23-10-4-20(5-11-23)8-14-30(40)41)32-26(17-22)28-19-38(36-34-28)24-12-6-21(7-13-24)9-15-31(42)43/h4-7,10-13,16-19H,2-3,8-9,14-15H2,1H3,(H,40,41)(H,42,43). The number of carbonyl (C=O) groups is 3. The third kappa shape index (κ3) is 7.22. The van der Waals surface area contributed by atoms with Crippen LogP contribution in [0.3, 0.4) is 0 Å². The summed E-state index contributed by atoms with van der Waals surface area (Å²) in [6.45, 7) is 1.94. The third-order valence-electron chi connectivity index (χ3n) is 6.79. The van der Waals surface area contributed by atoms with Gasteiger partial charge in [-0.1, -0.05) is 41.6 Å². The van der Waals surface area contributed by atoms with Gasteiger partial charge in [0.1, 0.15) is 11.4 Å². The molecular weight excluding hydrogens is 550 g/mol. The minimum Gasteiger partial charge on any atom is -0.481 e. The number of hydrogen-bond acceptors (Lipinski definition) is 8. The van der Waals surface area contributed by atoms with Crippen molar-refractivity contribution in [2.45, 2.75) is 45.4 Å². The normalized spacial score (nSPS) is 11.0. The molecule has 0 spiro atoms. The van der Waals surface area contributed by atoms with Crippen molar-refractivity contribution in [3.05, 3.63) is 89.7 Å². The van der Waals surface area contributed by atoms with Crippen LogP contribution >= 0.6 is 0 Å². The molecule has 2 N–H and O–H groups in total. The van der Waals surface area contributed by atoms with Crippen LogP contribution in [0.15, 0.2) is 73.1 Å². The highest BCUT2D eigenvalue weighted by Crippen LogP contribution is 2.25. The summed E-state index contributed by atoms with van der Waals surface area (Å²) in [6, 6.07) is 18.2. The molecule has 0 fully saturated rings. The zero-order chi connectivity index (χ0) is 30.3. The number of carboxylic acids is 2. The second-order valence-corrected chi connectivity index (χ2v) is 10.0. The zero-order valence-corrected chi connectivity index (χ0v) is 23.4. The lowest BCUT2D eigenvalue weighted by Gasteiger charge is -2.06. The Morgan fingerprint density at radius 2 is 1.09 bits per heavy atom. The van der Waals surface area contributed by atoms with Gasteiger partial charge in [-0.3, -0.25) is 14.4 Å². The van der Waals surface area contributed by atoms with Crippen molar-refractivity contribution >= 4 is 17.7 Å². The fourth-order valence-electron chi connectivity index (χ4n) is 4.47. The van der Waals surface area contributed by atoms with E-state index < -0.39 is 11.9 Å². The minimum absolute atomic E-state index is 0.0268. The summed E-state index contributed by atoms with van der Waals surface area (Å²) >= 11 is 0. The Kier molecular flexibility index (Phi) is 8.75. The highest BCUT2D eigenvalue weighted by Gasteiger charge is 2.17. The molecular formula is C31H29N7O5. The molecule has 2 aromatic carbocycles. The van der Waals surface area contributed by atoms with Crippen LogP contribution in [0.25, 0.3) is 34.2 Å². The van der Waals surface area contributed by atoms with Gasteiger partial charge in [0.05, 0.1) is 35.2 Å². The maximum absolute atomic E-state index is 12.9. The Labute approximate surface area is 246 Å². The summed E-state index contributed by atoms with van der Waals surface area (Å²) < 4.78 is 3.18. The fraction of sp³-hybridized carbons (Fsp3) is 0.226. The monoisotopic (exact) mass is 579 g/mol. The predicted octanol–water partition coefficient (Wildman–Crippen LogP) is 4.59. The number of ketones is 1. The molecule has 0 saturated carbocycles. The van der Waals surface area contributed by atoms with E-state index in [2.05, 4.69) is 20.6 Å². The number of hydrogen-bond donors (Lipinski definition) is 2. The SMILES string of the molecule is CCCC(=O)c1cc(-c2cn(-c3ccc(CCC(=O)O)cc3)nn2)nc(-c2cn(-c3ccc(CCC(=O)O)cc3)nn2)c1. The van der Waals surface area contributed by atoms with Gasteiger partial charge in [-0.05, 0) is 66.8 Å². The molecule has 0 saturated heterocycles. The van der Waals surface area contributed by atoms with E-state index in [4.69, 9.17) is 15.2 Å². The van der Waals surface area contributed by atoms with Gasteiger partial charge in [0.25, 0.3) is 0 Å². The number of aryl methyl sites for hydroxylation is 2. The predicted molar refractivity (Wildman–Crippen MR) is 156 cm³/mol. The first kappa shape index (κ1) is 29.0. The fourth-order valence-corrected chi connectivity index (χ4v) is 4.47. The molecule has 12 nitrogen and oxygen atoms in total. The van der Waals surface area contributed by atoms with Gasteiger partial charge in [-0.25, -0.2) is 14.3 Å². The Hall–Kier alpha value is -5.52. The van der Waals surface area contributed by atoms with Crippen molar-refractivity contribution in [1.29, 1.82) is 0 Å². The quantitative estimate of drug-likeness (QED) is 0.188. The third-order valence-corrected chi connectivity index (χ3v) is 6.79. The van der Waals surface area contributed by atoms with Crippen LogP contribution in [-0.4, -0.2) is 62.9 Å². The number of nitrogens with zero attached hydrogens (tertiary/aromatic N) is 7. The molecule has 0 aliphatic carbocycles. The molecule has 0 radical (unpaired) electrons. The van der Waals surface area contributed by atoms with Gasteiger partial charge in [-0.15, -0.1) is 10.2 Å². The van der Waals surface area contributed by atoms with Gasteiger partial charge in [0.2, 0.25) is 0 Å². The highest BCUT2D eigenvalue weighted by atomic mass is 16.4. The Balaban J connectivity index is 1.42. The minimum atomic E-state index is -0.845. The summed E-state index contributed by atoms with van der Waals surface area (Å²) in [7, 11) is 0. The molecule has 12 heteroatoms. The number of carboxylic acid groups (broad SMARTS) is 2. The summed E-state index contributed by atoms with van der Waals surface area (Å²) in [5.41, 5.74) is 5.62. The summed E-state index contributed by atoms with van der Waals surface area (Å²) in [4.78, 5) is 39.4. The maximum Gasteiger partial charge on any atom is 0.303 e. The van der Waals surface area contributed by atoms with Crippen LogP contribution in [0.5, 0.6) is 0 Å². The molecule has 43 heavy (non-hydrogen) atoms. The summed E-state index contributed by atoms with van der Waals surface area (Å²) in [6.07, 6.45) is 5.50. The largest absolute Gasteiger partial charge is 0.481 e. The van der Waals surface area contributed by atoms with Crippen LogP contribution in [-0.2, 0) is 22.4 Å². The van der Waals surface area contributed by atoms with Crippen molar-refractivity contribution in [2.24, 2.45) is 0 Å². The molecule has 0 unspecified atom stereocenters. The van der Waals surface area contributed by atoms with Gasteiger partial charge in [0.15, 0.2) is 5.78 Å². The van der Waals surface area contributed by atoms with E-state index in [9.17, 15) is 14.4 Å². The van der Waals surface area contributed by atoms with E-state index in [-0.39, 0.29) is 18.6 Å². The van der Waals surface area contributed by atoms with E-state index >= 15 is 0 Å². The number of pyridine rings is 1. The first-order valence-electron chi connectivity index (χ1n) is 13.8. The second kappa shape index (κ2) is 13.0. The smallest absolute Gasteiger partial charge is 0.303 e. The molecule has 5 aromatic rings. The van der Waals surface area contributed by atoms with Gasteiger partial charge < -0.3 is 10.2 Å². The van der Waals surface area contributed by atoms with Crippen molar-refractivity contribution in [2.75, 3.05) is 0 Å². The van der Waals surface area contributed by atoms with Crippen LogP contribution in [0, 0.1) is 0 Å². The molecule has 0 aliphatic heterocycles. The number of aromatic nitrogens is 7. The van der Waals surface area contributed by atoms with Gasteiger partial charge in [0, 0.05) is 24.8 Å². The van der Waals surface area contributed by atoms with Crippen molar-refractivity contribution in [3.8, 4) is 34.2 Å². The first-order valence-corrected chi connectivity index (χ1v) is 13.8. The first-order chi connectivity index (χ1) is 20.8. The number of Topliss-reactive ketones (excluding diaryl/α,β-unsaturated/α-hetero) is 1. The van der Waals surface area contributed by atoms with Gasteiger partial charge in [-0.2, -0.15) is 0 Å². The number of benzene rings is 2. The Bertz CT molecular complexity index is 1640. The summed E-state index contributed by atoms with van der Waals surface area (Å²) in [5.74, 6) is -1.72. The lowest BCUT2D eigenvalue weighted by Crippen LogP contribution is -2.01. The topological polar surface area (TPSA) is 166 Å². The van der Waals surface area contributed by atoms with Crippen molar-refractivity contribution in [3.63, 3.8) is 0 Å². The maximum atomic E-state index is 12.9. The average molecular weight is 580 g/mol. The van der Waals surface area contributed by atoms with Gasteiger partial charge >= 0.3 is 11.9 Å². The Morgan fingerprint density at radius 1 is 0.651 bits per heavy atom. The number of rotatable bonds is 13. The van der Waals surface area contributed by atoms with E-state index in [1.807, 2.05) is 55.5 Å². The molecule has 0 amide bonds. The second-order valence-electron chi connectivity index (χ2n) is 10.0. The van der Waals surface area contributed by atoms with Crippen LogP contribution in [0.4, 0.5) is 0 Å². The molecule has 0 aliphatic rings. The van der Waals surface area contributed by atoms with Crippen LogP contribution < -0.4 is 0 Å². The lowest BCUT2D eigenvalue weighted by atomic mass is 10.0. The molecule has 3 heterocycles. The van der Waals surface area contributed by atoms with E-state index in [1.165, 1.54) is 0 Å². The number of carbonyl (C=O) groups excluding carboxylic acids is 1. The molecule has 0 bridgehead atoms.